The molecule has 2 N–H and O–H groups in total. The highest BCUT2D eigenvalue weighted by Gasteiger charge is 1.98. The molecule has 0 bridgehead atoms. The zero-order valence-electron chi connectivity index (χ0n) is 7.03. The van der Waals surface area contributed by atoms with Crippen LogP contribution in [0, 0.1) is 0 Å². The van der Waals surface area contributed by atoms with Gasteiger partial charge in [0.05, 0.1) is 0 Å². The van der Waals surface area contributed by atoms with Crippen molar-refractivity contribution in [2.75, 3.05) is 5.88 Å². The van der Waals surface area contributed by atoms with Crippen molar-refractivity contribution in [1.82, 2.24) is 0 Å². The zero-order chi connectivity index (χ0) is 9.68. The maximum absolute atomic E-state index is 10.8. The largest absolute Gasteiger partial charge is 0.366 e. The Balaban J connectivity index is 2.92. The maximum atomic E-state index is 10.8. The Bertz CT molecular complexity index is 333. The van der Waals surface area contributed by atoms with Crippen LogP contribution >= 0.6 is 11.6 Å². The van der Waals surface area contributed by atoms with E-state index in [1.54, 1.807) is 18.2 Å². The van der Waals surface area contributed by atoms with Crippen molar-refractivity contribution in [3.8, 4) is 0 Å². The maximum Gasteiger partial charge on any atom is 0.248 e. The minimum atomic E-state index is -0.416. The molecule has 0 unspecified atom stereocenters. The first kappa shape index (κ1) is 9.81. The smallest absolute Gasteiger partial charge is 0.248 e. The number of allylic oxidation sites excluding steroid dienone is 1. The molecule has 0 fully saturated rings. The number of rotatable bonds is 3. The first-order chi connectivity index (χ1) is 6.24. The molecular weight excluding hydrogens is 186 g/mol. The lowest BCUT2D eigenvalue weighted by Crippen LogP contribution is -2.10. The molecule has 0 heterocycles. The molecule has 0 saturated heterocycles. The van der Waals surface area contributed by atoms with Crippen molar-refractivity contribution in [2.24, 2.45) is 5.73 Å². The number of halogens is 1. The van der Waals surface area contributed by atoms with Crippen molar-refractivity contribution < 1.29 is 4.79 Å². The lowest BCUT2D eigenvalue weighted by Gasteiger charge is -1.96. The van der Waals surface area contributed by atoms with E-state index in [9.17, 15) is 4.79 Å². The normalized spacial score (nSPS) is 10.5. The van der Waals surface area contributed by atoms with Gasteiger partial charge in [0, 0.05) is 11.4 Å². The van der Waals surface area contributed by atoms with Gasteiger partial charge in [0.1, 0.15) is 0 Å². The number of primary amides is 1. The van der Waals surface area contributed by atoms with Gasteiger partial charge in [-0.3, -0.25) is 4.79 Å². The molecule has 0 aliphatic carbocycles. The highest BCUT2D eigenvalue weighted by atomic mass is 35.5. The molecule has 0 aliphatic rings. The molecule has 1 amide bonds. The summed E-state index contributed by atoms with van der Waals surface area (Å²) in [6, 6.07) is 7.08. The Morgan fingerprint density at radius 2 is 2.31 bits per heavy atom. The molecule has 1 aromatic carbocycles. The number of hydrogen-bond donors (Lipinski definition) is 1. The van der Waals surface area contributed by atoms with Gasteiger partial charge in [0.2, 0.25) is 5.91 Å². The minimum absolute atomic E-state index is 0.416. The summed E-state index contributed by atoms with van der Waals surface area (Å²) < 4.78 is 0. The van der Waals surface area contributed by atoms with E-state index in [4.69, 9.17) is 17.3 Å². The number of nitrogens with two attached hydrogens (primary N) is 1. The number of alkyl halides is 1. The number of hydrogen-bond acceptors (Lipinski definition) is 1. The van der Waals surface area contributed by atoms with Gasteiger partial charge in [-0.05, 0) is 17.7 Å². The van der Waals surface area contributed by atoms with E-state index in [-0.39, 0.29) is 0 Å². The van der Waals surface area contributed by atoms with E-state index >= 15 is 0 Å². The molecule has 0 aliphatic heterocycles. The van der Waals surface area contributed by atoms with Crippen LogP contribution in [0.4, 0.5) is 0 Å². The van der Waals surface area contributed by atoms with Crippen molar-refractivity contribution in [3.05, 3.63) is 41.5 Å². The van der Waals surface area contributed by atoms with Gasteiger partial charge in [-0.25, -0.2) is 0 Å². The summed E-state index contributed by atoms with van der Waals surface area (Å²) in [7, 11) is 0. The molecule has 0 atom stereocenters. The average Bonchev–Trinajstić information content (AvgIpc) is 2.15. The third-order valence-electron chi connectivity index (χ3n) is 1.57. The van der Waals surface area contributed by atoms with Gasteiger partial charge in [-0.1, -0.05) is 24.3 Å². The van der Waals surface area contributed by atoms with E-state index in [1.807, 2.05) is 18.2 Å². The van der Waals surface area contributed by atoms with Crippen LogP contribution in [0.3, 0.4) is 0 Å². The average molecular weight is 196 g/mol. The van der Waals surface area contributed by atoms with Gasteiger partial charge in [0.25, 0.3) is 0 Å². The van der Waals surface area contributed by atoms with Crippen molar-refractivity contribution in [1.29, 1.82) is 0 Å². The summed E-state index contributed by atoms with van der Waals surface area (Å²) in [6.07, 6.45) is 3.65. The van der Waals surface area contributed by atoms with Crippen LogP contribution in [0.25, 0.3) is 6.08 Å². The van der Waals surface area contributed by atoms with E-state index in [0.717, 1.165) is 5.56 Å². The van der Waals surface area contributed by atoms with Crippen LogP contribution in [0.2, 0.25) is 0 Å². The quantitative estimate of drug-likeness (QED) is 0.737. The summed E-state index contributed by atoms with van der Waals surface area (Å²) in [5, 5.41) is 0. The highest BCUT2D eigenvalue weighted by molar-refractivity contribution is 6.19. The van der Waals surface area contributed by atoms with Gasteiger partial charge in [-0.15, -0.1) is 11.6 Å². The lowest BCUT2D eigenvalue weighted by atomic mass is 10.1. The lowest BCUT2D eigenvalue weighted by molar-refractivity contribution is 0.100. The predicted molar refractivity (Wildman–Crippen MR) is 54.7 cm³/mol. The Hall–Kier alpha value is -1.28. The Kier molecular flexibility index (Phi) is 3.53. The molecule has 3 heteroatoms. The summed E-state index contributed by atoms with van der Waals surface area (Å²) in [5.41, 5.74) is 6.56. The van der Waals surface area contributed by atoms with Crippen molar-refractivity contribution >= 4 is 23.6 Å². The highest BCUT2D eigenvalue weighted by Crippen LogP contribution is 2.06. The SMILES string of the molecule is NC(=O)c1cccc(C=CCCl)c1. The second kappa shape index (κ2) is 4.67. The minimum Gasteiger partial charge on any atom is -0.366 e. The third-order valence-corrected chi connectivity index (χ3v) is 1.75. The molecule has 68 valence electrons. The predicted octanol–water partition coefficient (Wildman–Crippen LogP) is 2.04. The molecule has 1 aromatic rings. The monoisotopic (exact) mass is 195 g/mol. The fourth-order valence-corrected chi connectivity index (χ4v) is 1.07. The van der Waals surface area contributed by atoms with Gasteiger partial charge < -0.3 is 5.73 Å². The molecule has 1 rings (SSSR count). The number of benzene rings is 1. The summed E-state index contributed by atoms with van der Waals surface area (Å²) >= 11 is 5.48. The third kappa shape index (κ3) is 2.92. The van der Waals surface area contributed by atoms with Crippen LogP contribution in [0.5, 0.6) is 0 Å². The molecule has 13 heavy (non-hydrogen) atoms. The number of carbonyl (C=O) groups is 1. The van der Waals surface area contributed by atoms with E-state index in [2.05, 4.69) is 0 Å². The summed E-state index contributed by atoms with van der Waals surface area (Å²) in [4.78, 5) is 10.8. The topological polar surface area (TPSA) is 43.1 Å². The zero-order valence-corrected chi connectivity index (χ0v) is 7.79. The molecule has 0 aromatic heterocycles. The molecule has 0 radical (unpaired) electrons. The second-order valence-corrected chi connectivity index (χ2v) is 2.85. The molecule has 2 nitrogen and oxygen atoms in total. The standard InChI is InChI=1S/C10H10ClNO/c11-6-2-4-8-3-1-5-9(7-8)10(12)13/h1-5,7H,6H2,(H2,12,13). The van der Waals surface area contributed by atoms with Crippen molar-refractivity contribution in [2.45, 2.75) is 0 Å². The molecule has 0 spiro atoms. The van der Waals surface area contributed by atoms with E-state index < -0.39 is 5.91 Å². The summed E-state index contributed by atoms with van der Waals surface area (Å²) in [5.74, 6) is 0.0435. The van der Waals surface area contributed by atoms with Gasteiger partial charge >= 0.3 is 0 Å². The van der Waals surface area contributed by atoms with Crippen LogP contribution in [-0.4, -0.2) is 11.8 Å². The van der Waals surface area contributed by atoms with E-state index in [1.165, 1.54) is 0 Å². The van der Waals surface area contributed by atoms with Gasteiger partial charge in [-0.2, -0.15) is 0 Å². The Labute approximate surface area is 82.0 Å². The van der Waals surface area contributed by atoms with Crippen molar-refractivity contribution in [3.63, 3.8) is 0 Å². The fraction of sp³-hybridized carbons (Fsp3) is 0.100. The van der Waals surface area contributed by atoms with E-state index in [0.29, 0.717) is 11.4 Å². The van der Waals surface area contributed by atoms with Crippen LogP contribution in [0.1, 0.15) is 15.9 Å². The number of amides is 1. The van der Waals surface area contributed by atoms with Crippen LogP contribution < -0.4 is 5.73 Å². The fourth-order valence-electron chi connectivity index (χ4n) is 0.976. The first-order valence-electron chi connectivity index (χ1n) is 3.86. The molecular formula is C10H10ClNO. The Morgan fingerprint density at radius 1 is 1.54 bits per heavy atom. The van der Waals surface area contributed by atoms with Gasteiger partial charge in [0.15, 0.2) is 0 Å². The van der Waals surface area contributed by atoms with Crippen LogP contribution in [0.15, 0.2) is 30.3 Å². The molecule has 0 saturated carbocycles. The Morgan fingerprint density at radius 3 is 2.92 bits per heavy atom. The van der Waals surface area contributed by atoms with Crippen LogP contribution in [-0.2, 0) is 0 Å². The number of carbonyl (C=O) groups excluding carboxylic acids is 1. The summed E-state index contributed by atoms with van der Waals surface area (Å²) in [6.45, 7) is 0. The second-order valence-electron chi connectivity index (χ2n) is 2.55. The first-order valence-corrected chi connectivity index (χ1v) is 4.40.